The molecule has 0 spiro atoms. The van der Waals surface area contributed by atoms with Crippen LogP contribution in [0.1, 0.15) is 42.6 Å². The van der Waals surface area contributed by atoms with Crippen molar-refractivity contribution in [2.45, 2.75) is 39.2 Å². The second-order valence-electron chi connectivity index (χ2n) is 7.65. The van der Waals surface area contributed by atoms with Crippen LogP contribution in [0.3, 0.4) is 0 Å². The van der Waals surface area contributed by atoms with E-state index in [0.29, 0.717) is 11.5 Å². The van der Waals surface area contributed by atoms with Gasteiger partial charge < -0.3 is 14.4 Å². The molecule has 2 heterocycles. The van der Waals surface area contributed by atoms with E-state index in [0.717, 1.165) is 43.9 Å². The van der Waals surface area contributed by atoms with Crippen LogP contribution in [-0.4, -0.2) is 37.3 Å². The van der Waals surface area contributed by atoms with Crippen LogP contribution in [0.2, 0.25) is 0 Å². The van der Waals surface area contributed by atoms with Crippen LogP contribution in [0, 0.1) is 5.92 Å². The highest BCUT2D eigenvalue weighted by molar-refractivity contribution is 5.94. The molecule has 0 N–H and O–H groups in total. The van der Waals surface area contributed by atoms with Crippen LogP contribution in [0.4, 0.5) is 5.82 Å². The Bertz CT molecular complexity index is 848. The van der Waals surface area contributed by atoms with Gasteiger partial charge in [0.25, 0.3) is 0 Å². The molecule has 1 aromatic carbocycles. The molecule has 0 bridgehead atoms. The van der Waals surface area contributed by atoms with Gasteiger partial charge in [0.05, 0.1) is 13.2 Å². The van der Waals surface area contributed by atoms with E-state index in [-0.39, 0.29) is 12.1 Å². The van der Waals surface area contributed by atoms with E-state index in [1.54, 1.807) is 25.4 Å². The summed E-state index contributed by atoms with van der Waals surface area (Å²) >= 11 is 0. The number of hydrogen-bond donors (Lipinski definition) is 0. The first-order chi connectivity index (χ1) is 14.1. The van der Waals surface area contributed by atoms with Crippen molar-refractivity contribution in [3.63, 3.8) is 0 Å². The van der Waals surface area contributed by atoms with E-state index in [9.17, 15) is 4.79 Å². The molecule has 2 aromatic rings. The lowest BCUT2D eigenvalue weighted by molar-refractivity contribution is 0.0378. The first kappa shape index (κ1) is 20.9. The fourth-order valence-corrected chi connectivity index (χ4v) is 3.67. The van der Waals surface area contributed by atoms with Crippen LogP contribution >= 0.6 is 0 Å². The highest BCUT2D eigenvalue weighted by Gasteiger charge is 2.26. The molecule has 1 aliphatic heterocycles. The molecule has 1 atom stereocenters. The number of benzene rings is 1. The smallest absolute Gasteiger partial charge is 0.342 e. The number of rotatable bonds is 8. The number of pyridine rings is 1. The maximum atomic E-state index is 12.4. The number of aromatic nitrogens is 1. The Balaban J connectivity index is 1.56. The maximum absolute atomic E-state index is 12.4. The van der Waals surface area contributed by atoms with E-state index < -0.39 is 0 Å². The summed E-state index contributed by atoms with van der Waals surface area (Å²) in [4.78, 5) is 19.1. The zero-order chi connectivity index (χ0) is 20.6. The number of para-hydroxylation sites is 1. The summed E-state index contributed by atoms with van der Waals surface area (Å²) in [5.74, 6) is 1.92. The maximum Gasteiger partial charge on any atom is 0.342 e. The lowest BCUT2D eigenvalue weighted by Gasteiger charge is -2.20. The van der Waals surface area contributed by atoms with Gasteiger partial charge in [-0.2, -0.15) is 0 Å². The number of methoxy groups -OCH3 is 1. The number of nitrogens with zero attached hydrogens (tertiary/aromatic N) is 2. The molecule has 5 nitrogen and oxygen atoms in total. The lowest BCUT2D eigenvalue weighted by Crippen LogP contribution is -2.24. The summed E-state index contributed by atoms with van der Waals surface area (Å²) in [7, 11) is 1.71. The van der Waals surface area contributed by atoms with Crippen molar-refractivity contribution in [2.75, 3.05) is 25.1 Å². The Morgan fingerprint density at radius 1 is 1.24 bits per heavy atom. The van der Waals surface area contributed by atoms with Gasteiger partial charge in [-0.15, -0.1) is 0 Å². The van der Waals surface area contributed by atoms with Gasteiger partial charge in [-0.25, -0.2) is 9.78 Å². The minimum Gasteiger partial charge on any atom is -0.496 e. The first-order valence-corrected chi connectivity index (χ1v) is 10.3. The van der Waals surface area contributed by atoms with E-state index in [4.69, 9.17) is 9.47 Å². The minimum absolute atomic E-state index is 0.143. The Hall–Kier alpha value is -2.82. The fourth-order valence-electron chi connectivity index (χ4n) is 3.67. The highest BCUT2D eigenvalue weighted by Crippen LogP contribution is 2.28. The molecule has 154 valence electrons. The standard InChI is InChI=1S/C24H30N2O3/c1-18(2)29-24(27)21-12-8-15-25-23(21)26-16-14-19(17-26)9-4-5-10-20-11-6-7-13-22(20)28-3/h4-8,11-13,15,18-19H,9-10,14,16-17H2,1-3H3/b5-4-/t19-/m1/s1. The van der Waals surface area contributed by atoms with Gasteiger partial charge >= 0.3 is 5.97 Å². The molecule has 5 heteroatoms. The molecular formula is C24H30N2O3. The van der Waals surface area contributed by atoms with Crippen molar-refractivity contribution in [3.05, 3.63) is 65.9 Å². The molecule has 1 saturated heterocycles. The molecule has 0 saturated carbocycles. The molecule has 0 radical (unpaired) electrons. The summed E-state index contributed by atoms with van der Waals surface area (Å²) < 4.78 is 10.8. The number of carbonyl (C=O) groups excluding carboxylic acids is 1. The molecule has 1 aliphatic rings. The van der Waals surface area contributed by atoms with E-state index in [1.807, 2.05) is 32.0 Å². The Morgan fingerprint density at radius 3 is 2.86 bits per heavy atom. The predicted molar refractivity (Wildman–Crippen MR) is 116 cm³/mol. The van der Waals surface area contributed by atoms with Crippen LogP contribution in [0.5, 0.6) is 5.75 Å². The van der Waals surface area contributed by atoms with E-state index in [2.05, 4.69) is 28.1 Å². The summed E-state index contributed by atoms with van der Waals surface area (Å²) in [6, 6.07) is 11.7. The monoisotopic (exact) mass is 394 g/mol. The van der Waals surface area contributed by atoms with Gasteiger partial charge in [0.1, 0.15) is 17.1 Å². The van der Waals surface area contributed by atoms with Gasteiger partial charge in [-0.1, -0.05) is 30.4 Å². The van der Waals surface area contributed by atoms with Crippen LogP contribution in [0.15, 0.2) is 54.7 Å². The van der Waals surface area contributed by atoms with Crippen LogP contribution in [-0.2, 0) is 11.2 Å². The molecule has 1 aromatic heterocycles. The normalized spacial score (nSPS) is 16.6. The van der Waals surface area contributed by atoms with Crippen LogP contribution in [0.25, 0.3) is 0 Å². The second kappa shape index (κ2) is 10.1. The zero-order valence-electron chi connectivity index (χ0n) is 17.5. The largest absolute Gasteiger partial charge is 0.496 e. The van der Waals surface area contributed by atoms with Crippen molar-refractivity contribution in [2.24, 2.45) is 5.92 Å². The lowest BCUT2D eigenvalue weighted by atomic mass is 10.0. The summed E-state index contributed by atoms with van der Waals surface area (Å²) in [5, 5.41) is 0. The van der Waals surface area contributed by atoms with Crippen molar-refractivity contribution < 1.29 is 14.3 Å². The third-order valence-corrected chi connectivity index (χ3v) is 5.10. The quantitative estimate of drug-likeness (QED) is 0.481. The molecule has 0 unspecified atom stereocenters. The number of ether oxygens (including phenoxy) is 2. The SMILES string of the molecule is COc1ccccc1C/C=C\C[C@@H]1CCN(c2ncccc2C(=O)OC(C)C)C1. The minimum atomic E-state index is -0.303. The number of anilines is 1. The van der Waals surface area contributed by atoms with Crippen LogP contribution < -0.4 is 9.64 Å². The average Bonchev–Trinajstić information content (AvgIpc) is 3.20. The Kier molecular flexibility index (Phi) is 7.28. The molecule has 1 fully saturated rings. The molecule has 3 rings (SSSR count). The van der Waals surface area contributed by atoms with Crippen molar-refractivity contribution in [1.29, 1.82) is 0 Å². The zero-order valence-corrected chi connectivity index (χ0v) is 17.5. The summed E-state index contributed by atoms with van der Waals surface area (Å²) in [6.07, 6.45) is 9.04. The summed E-state index contributed by atoms with van der Waals surface area (Å²) in [6.45, 7) is 5.52. The van der Waals surface area contributed by atoms with Gasteiger partial charge in [0.15, 0.2) is 0 Å². The van der Waals surface area contributed by atoms with Crippen molar-refractivity contribution in [3.8, 4) is 5.75 Å². The number of esters is 1. The highest BCUT2D eigenvalue weighted by atomic mass is 16.5. The van der Waals surface area contributed by atoms with E-state index >= 15 is 0 Å². The predicted octanol–water partition coefficient (Wildman–Crippen LogP) is 4.67. The molecule has 29 heavy (non-hydrogen) atoms. The first-order valence-electron chi connectivity index (χ1n) is 10.3. The summed E-state index contributed by atoms with van der Waals surface area (Å²) in [5.41, 5.74) is 1.75. The van der Waals surface area contributed by atoms with Crippen molar-refractivity contribution in [1.82, 2.24) is 4.98 Å². The van der Waals surface area contributed by atoms with Gasteiger partial charge in [0, 0.05) is 19.3 Å². The Labute approximate surface area is 173 Å². The molecular weight excluding hydrogens is 364 g/mol. The van der Waals surface area contributed by atoms with E-state index in [1.165, 1.54) is 5.56 Å². The second-order valence-corrected chi connectivity index (χ2v) is 7.65. The topological polar surface area (TPSA) is 51.7 Å². The third-order valence-electron chi connectivity index (χ3n) is 5.10. The molecule has 0 amide bonds. The average molecular weight is 395 g/mol. The Morgan fingerprint density at radius 2 is 2.07 bits per heavy atom. The third kappa shape index (κ3) is 5.59. The number of carbonyl (C=O) groups is 1. The van der Waals surface area contributed by atoms with Crippen molar-refractivity contribution >= 4 is 11.8 Å². The molecule has 0 aliphatic carbocycles. The number of hydrogen-bond acceptors (Lipinski definition) is 5. The van der Waals surface area contributed by atoms with Gasteiger partial charge in [-0.3, -0.25) is 0 Å². The fraction of sp³-hybridized carbons (Fsp3) is 0.417. The number of allylic oxidation sites excluding steroid dienone is 2. The van der Waals surface area contributed by atoms with Gasteiger partial charge in [-0.05, 0) is 62.8 Å². The van der Waals surface area contributed by atoms with Gasteiger partial charge in [0.2, 0.25) is 0 Å².